The first kappa shape index (κ1) is 22.2. The number of hydrogen-bond donors (Lipinski definition) is 1. The summed E-state index contributed by atoms with van der Waals surface area (Å²) >= 11 is 1.20. The molecular weight excluding hydrogens is 417 g/mol. The molecule has 0 aromatic heterocycles. The summed E-state index contributed by atoms with van der Waals surface area (Å²) in [5.41, 5.74) is 2.31. The first-order chi connectivity index (χ1) is 14.9. The molecule has 5 nitrogen and oxygen atoms in total. The van der Waals surface area contributed by atoms with E-state index >= 15 is 0 Å². The zero-order chi connectivity index (χ0) is 22.2. The SMILES string of the molecule is Cc1ccc(NC(=O)CSc2ccccc2C(=O)OCC(=O)c2ccc(F)cc2)cc1. The van der Waals surface area contributed by atoms with Crippen molar-refractivity contribution < 1.29 is 23.5 Å². The third-order valence-electron chi connectivity index (χ3n) is 4.30. The molecule has 0 atom stereocenters. The van der Waals surface area contributed by atoms with Gasteiger partial charge < -0.3 is 10.1 Å². The Kier molecular flexibility index (Phi) is 7.56. The molecule has 0 aliphatic rings. The van der Waals surface area contributed by atoms with Crippen molar-refractivity contribution in [3.63, 3.8) is 0 Å². The van der Waals surface area contributed by atoms with Crippen molar-refractivity contribution in [2.75, 3.05) is 17.7 Å². The number of thioether (sulfide) groups is 1. The van der Waals surface area contributed by atoms with Gasteiger partial charge in [0, 0.05) is 16.1 Å². The van der Waals surface area contributed by atoms with Crippen molar-refractivity contribution in [1.29, 1.82) is 0 Å². The quantitative estimate of drug-likeness (QED) is 0.308. The van der Waals surface area contributed by atoms with Crippen molar-refractivity contribution in [3.05, 3.63) is 95.3 Å². The Hall–Kier alpha value is -3.45. The number of hydrogen-bond acceptors (Lipinski definition) is 5. The molecule has 1 N–H and O–H groups in total. The second-order valence-electron chi connectivity index (χ2n) is 6.71. The van der Waals surface area contributed by atoms with Crippen molar-refractivity contribution in [1.82, 2.24) is 0 Å². The summed E-state index contributed by atoms with van der Waals surface area (Å²) in [4.78, 5) is 37.4. The molecule has 1 amide bonds. The van der Waals surface area contributed by atoms with Gasteiger partial charge in [0.25, 0.3) is 0 Å². The van der Waals surface area contributed by atoms with Gasteiger partial charge in [0.1, 0.15) is 5.82 Å². The van der Waals surface area contributed by atoms with E-state index in [0.717, 1.165) is 5.56 Å². The molecule has 31 heavy (non-hydrogen) atoms. The normalized spacial score (nSPS) is 10.4. The number of carbonyl (C=O) groups excluding carboxylic acids is 3. The van der Waals surface area contributed by atoms with Crippen molar-refractivity contribution >= 4 is 35.1 Å². The highest BCUT2D eigenvalue weighted by atomic mass is 32.2. The molecule has 0 aliphatic heterocycles. The third-order valence-corrected chi connectivity index (χ3v) is 5.38. The minimum Gasteiger partial charge on any atom is -0.454 e. The number of rotatable bonds is 8. The summed E-state index contributed by atoms with van der Waals surface area (Å²) in [6, 6.07) is 19.2. The molecule has 0 unspecified atom stereocenters. The van der Waals surface area contributed by atoms with E-state index in [9.17, 15) is 18.8 Å². The number of aryl methyl sites for hydroxylation is 1. The van der Waals surface area contributed by atoms with Crippen LogP contribution in [0.2, 0.25) is 0 Å². The molecule has 3 rings (SSSR count). The van der Waals surface area contributed by atoms with E-state index in [0.29, 0.717) is 10.6 Å². The fraction of sp³-hybridized carbons (Fsp3) is 0.125. The summed E-state index contributed by atoms with van der Waals surface area (Å²) < 4.78 is 18.1. The molecule has 0 saturated carbocycles. The number of ketones is 1. The van der Waals surface area contributed by atoms with E-state index in [2.05, 4.69) is 5.32 Å². The van der Waals surface area contributed by atoms with Gasteiger partial charge in [0.2, 0.25) is 5.91 Å². The third kappa shape index (κ3) is 6.52. The van der Waals surface area contributed by atoms with Crippen LogP contribution in [-0.4, -0.2) is 30.0 Å². The average molecular weight is 437 g/mol. The number of halogens is 1. The molecule has 7 heteroatoms. The lowest BCUT2D eigenvalue weighted by Gasteiger charge is -2.10. The zero-order valence-corrected chi connectivity index (χ0v) is 17.6. The number of carbonyl (C=O) groups is 3. The van der Waals surface area contributed by atoms with Crippen LogP contribution in [0.1, 0.15) is 26.3 Å². The summed E-state index contributed by atoms with van der Waals surface area (Å²) in [7, 11) is 0. The Morgan fingerprint density at radius 1 is 0.935 bits per heavy atom. The van der Waals surface area contributed by atoms with Crippen LogP contribution in [0.4, 0.5) is 10.1 Å². The van der Waals surface area contributed by atoms with Crippen LogP contribution in [0, 0.1) is 12.7 Å². The van der Waals surface area contributed by atoms with Crippen molar-refractivity contribution in [3.8, 4) is 0 Å². The molecule has 0 bridgehead atoms. The van der Waals surface area contributed by atoms with Gasteiger partial charge in [-0.1, -0.05) is 29.8 Å². The maximum atomic E-state index is 13.0. The van der Waals surface area contributed by atoms with Gasteiger partial charge in [-0.15, -0.1) is 11.8 Å². The standard InChI is InChI=1S/C24H20FNO4S/c1-16-6-12-19(13-7-16)26-23(28)15-31-22-5-3-2-4-20(22)24(29)30-14-21(27)17-8-10-18(25)11-9-17/h2-13H,14-15H2,1H3,(H,26,28). The monoisotopic (exact) mass is 437 g/mol. The highest BCUT2D eigenvalue weighted by Crippen LogP contribution is 2.24. The number of ether oxygens (including phenoxy) is 1. The predicted octanol–water partition coefficient (Wildman–Crippen LogP) is 4.90. The minimum atomic E-state index is -0.669. The molecule has 0 spiro atoms. The van der Waals surface area contributed by atoms with Crippen molar-refractivity contribution in [2.24, 2.45) is 0 Å². The molecule has 0 saturated heterocycles. The van der Waals surface area contributed by atoms with Gasteiger partial charge >= 0.3 is 5.97 Å². The summed E-state index contributed by atoms with van der Waals surface area (Å²) in [6.07, 6.45) is 0. The molecule has 0 heterocycles. The Labute approximate surface area is 183 Å². The van der Waals surface area contributed by atoms with E-state index < -0.39 is 24.2 Å². The van der Waals surface area contributed by atoms with Crippen LogP contribution < -0.4 is 5.32 Å². The van der Waals surface area contributed by atoms with Crippen LogP contribution in [0.3, 0.4) is 0 Å². The highest BCUT2D eigenvalue weighted by molar-refractivity contribution is 8.00. The second-order valence-corrected chi connectivity index (χ2v) is 7.72. The van der Waals surface area contributed by atoms with E-state index in [4.69, 9.17) is 4.74 Å². The number of anilines is 1. The summed E-state index contributed by atoms with van der Waals surface area (Å²) in [6.45, 7) is 1.50. The lowest BCUT2D eigenvalue weighted by Crippen LogP contribution is -2.16. The fourth-order valence-corrected chi connectivity index (χ4v) is 3.51. The Bertz CT molecular complexity index is 1080. The maximum absolute atomic E-state index is 13.0. The van der Waals surface area contributed by atoms with Gasteiger partial charge in [0.05, 0.1) is 11.3 Å². The molecule has 3 aromatic rings. The summed E-state index contributed by atoms with van der Waals surface area (Å²) in [5.74, 6) is -1.66. The van der Waals surface area contributed by atoms with E-state index in [-0.39, 0.29) is 22.8 Å². The molecule has 0 aliphatic carbocycles. The van der Waals surface area contributed by atoms with Crippen LogP contribution >= 0.6 is 11.8 Å². The van der Waals surface area contributed by atoms with Crippen LogP contribution in [-0.2, 0) is 9.53 Å². The highest BCUT2D eigenvalue weighted by Gasteiger charge is 2.16. The molecule has 0 fully saturated rings. The second kappa shape index (κ2) is 10.5. The fourth-order valence-electron chi connectivity index (χ4n) is 2.67. The zero-order valence-electron chi connectivity index (χ0n) is 16.8. The van der Waals surface area contributed by atoms with E-state index in [1.54, 1.807) is 24.3 Å². The Morgan fingerprint density at radius 2 is 1.61 bits per heavy atom. The van der Waals surface area contributed by atoms with E-state index in [1.165, 1.54) is 36.0 Å². The van der Waals surface area contributed by atoms with Crippen LogP contribution in [0.25, 0.3) is 0 Å². The average Bonchev–Trinajstić information content (AvgIpc) is 2.78. The van der Waals surface area contributed by atoms with Gasteiger partial charge in [-0.25, -0.2) is 9.18 Å². The van der Waals surface area contributed by atoms with Crippen LogP contribution in [0.5, 0.6) is 0 Å². The van der Waals surface area contributed by atoms with E-state index in [1.807, 2.05) is 31.2 Å². The molecule has 3 aromatic carbocycles. The first-order valence-electron chi connectivity index (χ1n) is 9.46. The smallest absolute Gasteiger partial charge is 0.339 e. The van der Waals surface area contributed by atoms with Gasteiger partial charge in [-0.3, -0.25) is 9.59 Å². The number of nitrogens with one attached hydrogen (secondary N) is 1. The topological polar surface area (TPSA) is 72.5 Å². The number of benzene rings is 3. The molecule has 0 radical (unpaired) electrons. The largest absolute Gasteiger partial charge is 0.454 e. The van der Waals surface area contributed by atoms with Gasteiger partial charge in [-0.05, 0) is 55.5 Å². The maximum Gasteiger partial charge on any atom is 0.339 e. The molecule has 158 valence electrons. The number of esters is 1. The predicted molar refractivity (Wildman–Crippen MR) is 118 cm³/mol. The lowest BCUT2D eigenvalue weighted by atomic mass is 10.1. The lowest BCUT2D eigenvalue weighted by molar-refractivity contribution is -0.113. The first-order valence-corrected chi connectivity index (χ1v) is 10.4. The molecular formula is C24H20FNO4S. The van der Waals surface area contributed by atoms with Gasteiger partial charge in [-0.2, -0.15) is 0 Å². The van der Waals surface area contributed by atoms with Crippen molar-refractivity contribution in [2.45, 2.75) is 11.8 Å². The number of amides is 1. The number of Topliss-reactive ketones (excluding diaryl/α,β-unsaturated/α-hetero) is 1. The Balaban J connectivity index is 1.56. The minimum absolute atomic E-state index is 0.104. The van der Waals surface area contributed by atoms with Gasteiger partial charge in [0.15, 0.2) is 12.4 Å². The Morgan fingerprint density at radius 3 is 2.32 bits per heavy atom. The van der Waals surface area contributed by atoms with Crippen LogP contribution in [0.15, 0.2) is 77.7 Å². The summed E-state index contributed by atoms with van der Waals surface area (Å²) in [5, 5.41) is 2.80.